The van der Waals surface area contributed by atoms with Gasteiger partial charge in [-0.15, -0.1) is 5.10 Å². The average Bonchev–Trinajstić information content (AvgIpc) is 2.76. The van der Waals surface area contributed by atoms with Crippen LogP contribution >= 0.6 is 0 Å². The van der Waals surface area contributed by atoms with E-state index in [0.717, 1.165) is 18.8 Å². The second-order valence-corrected chi connectivity index (χ2v) is 2.92. The van der Waals surface area contributed by atoms with Gasteiger partial charge < -0.3 is 4.57 Å². The van der Waals surface area contributed by atoms with Gasteiger partial charge in [0.05, 0.1) is 12.7 Å². The van der Waals surface area contributed by atoms with Crippen molar-refractivity contribution in [3.05, 3.63) is 36.4 Å². The first-order valence-corrected chi connectivity index (χ1v) is 4.38. The van der Waals surface area contributed by atoms with Gasteiger partial charge in [-0.1, -0.05) is 5.21 Å². The highest BCUT2D eigenvalue weighted by atomic mass is 15.4. The molecule has 0 saturated carbocycles. The minimum absolute atomic E-state index is 0.799. The van der Waals surface area contributed by atoms with Gasteiger partial charge in [0.15, 0.2) is 0 Å². The highest BCUT2D eigenvalue weighted by Crippen LogP contribution is 1.98. The number of rotatable bonds is 3. The van der Waals surface area contributed by atoms with E-state index >= 15 is 0 Å². The van der Waals surface area contributed by atoms with Crippen LogP contribution in [0.3, 0.4) is 0 Å². The first-order valence-electron chi connectivity index (χ1n) is 4.38. The number of hydrogen-bond acceptors (Lipinski definition) is 2. The maximum absolute atomic E-state index is 4.05. The van der Waals surface area contributed by atoms with Crippen molar-refractivity contribution in [3.63, 3.8) is 0 Å². The Balaban J connectivity index is 2.10. The van der Waals surface area contributed by atoms with Gasteiger partial charge in [-0.3, -0.25) is 4.68 Å². The Bertz CT molecular complexity index is 361. The summed E-state index contributed by atoms with van der Waals surface area (Å²) in [6.07, 6.45) is 6.01. The molecule has 0 radical (unpaired) electrons. The second kappa shape index (κ2) is 3.43. The molecule has 0 bridgehead atoms. The first-order chi connectivity index (χ1) is 6.38. The predicted octanol–water partition coefficient (Wildman–Crippen LogP) is 1.15. The summed E-state index contributed by atoms with van der Waals surface area (Å²) in [5.74, 6) is 0. The quantitative estimate of drug-likeness (QED) is 0.703. The molecule has 0 atom stereocenters. The fraction of sp³-hybridized carbons (Fsp3) is 0.333. The van der Waals surface area contributed by atoms with Crippen LogP contribution in [-0.2, 0) is 13.1 Å². The minimum atomic E-state index is 0.799. The van der Waals surface area contributed by atoms with Crippen LogP contribution < -0.4 is 0 Å². The van der Waals surface area contributed by atoms with Crippen molar-refractivity contribution in [2.24, 2.45) is 0 Å². The highest BCUT2D eigenvalue weighted by molar-refractivity contribution is 4.98. The Morgan fingerprint density at radius 1 is 1.31 bits per heavy atom. The lowest BCUT2D eigenvalue weighted by molar-refractivity contribution is 0.626. The van der Waals surface area contributed by atoms with Crippen LogP contribution in [0.5, 0.6) is 0 Å². The van der Waals surface area contributed by atoms with Gasteiger partial charge in [0, 0.05) is 18.9 Å². The third-order valence-corrected chi connectivity index (χ3v) is 1.92. The molecule has 0 aliphatic rings. The Kier molecular flexibility index (Phi) is 2.12. The lowest BCUT2D eigenvalue weighted by Crippen LogP contribution is -1.96. The molecule has 0 N–H and O–H groups in total. The molecule has 2 aromatic heterocycles. The molecule has 0 fully saturated rings. The molecule has 0 aromatic carbocycles. The summed E-state index contributed by atoms with van der Waals surface area (Å²) < 4.78 is 3.91. The van der Waals surface area contributed by atoms with Gasteiger partial charge in [-0.05, 0) is 19.1 Å². The van der Waals surface area contributed by atoms with Crippen molar-refractivity contribution in [2.75, 3.05) is 0 Å². The topological polar surface area (TPSA) is 35.6 Å². The van der Waals surface area contributed by atoms with Gasteiger partial charge >= 0.3 is 0 Å². The molecule has 68 valence electrons. The van der Waals surface area contributed by atoms with E-state index in [-0.39, 0.29) is 0 Å². The molecule has 2 heterocycles. The summed E-state index contributed by atoms with van der Waals surface area (Å²) in [4.78, 5) is 0. The van der Waals surface area contributed by atoms with E-state index in [1.807, 2.05) is 42.3 Å². The standard InChI is InChI=1S/C9H12N4/c1-2-13-8-9(10-11-13)7-12-5-3-4-6-12/h3-6,8H,2,7H2,1H3. The highest BCUT2D eigenvalue weighted by Gasteiger charge is 1.98. The molecule has 0 amide bonds. The molecule has 0 aliphatic carbocycles. The van der Waals surface area contributed by atoms with Crippen LogP contribution in [0.4, 0.5) is 0 Å². The van der Waals surface area contributed by atoms with Crippen LogP contribution in [0.2, 0.25) is 0 Å². The van der Waals surface area contributed by atoms with Gasteiger partial charge in [0.2, 0.25) is 0 Å². The second-order valence-electron chi connectivity index (χ2n) is 2.92. The van der Waals surface area contributed by atoms with Crippen LogP contribution in [0.1, 0.15) is 12.6 Å². The van der Waals surface area contributed by atoms with Crippen molar-refractivity contribution in [2.45, 2.75) is 20.0 Å². The van der Waals surface area contributed by atoms with E-state index in [9.17, 15) is 0 Å². The first kappa shape index (κ1) is 8.04. The predicted molar refractivity (Wildman–Crippen MR) is 49.2 cm³/mol. The zero-order valence-corrected chi connectivity index (χ0v) is 7.59. The molecule has 0 spiro atoms. The molecular formula is C9H12N4. The van der Waals surface area contributed by atoms with E-state index in [0.29, 0.717) is 0 Å². The summed E-state index contributed by atoms with van der Waals surface area (Å²) in [6.45, 7) is 3.72. The van der Waals surface area contributed by atoms with E-state index in [1.54, 1.807) is 0 Å². The summed E-state index contributed by atoms with van der Waals surface area (Å²) >= 11 is 0. The normalized spacial score (nSPS) is 10.5. The molecule has 4 heteroatoms. The minimum Gasteiger partial charge on any atom is -0.348 e. The molecular weight excluding hydrogens is 164 g/mol. The Labute approximate surface area is 76.8 Å². The van der Waals surface area contributed by atoms with Crippen LogP contribution in [0.15, 0.2) is 30.7 Å². The molecule has 0 unspecified atom stereocenters. The molecule has 4 nitrogen and oxygen atoms in total. The third-order valence-electron chi connectivity index (χ3n) is 1.92. The van der Waals surface area contributed by atoms with E-state index in [1.165, 1.54) is 0 Å². The lowest BCUT2D eigenvalue weighted by Gasteiger charge is -1.96. The zero-order valence-electron chi connectivity index (χ0n) is 7.59. The number of aryl methyl sites for hydroxylation is 1. The largest absolute Gasteiger partial charge is 0.348 e. The van der Waals surface area contributed by atoms with Crippen LogP contribution in [0.25, 0.3) is 0 Å². The summed E-state index contributed by atoms with van der Waals surface area (Å²) in [5, 5.41) is 8.02. The average molecular weight is 176 g/mol. The summed E-state index contributed by atoms with van der Waals surface area (Å²) in [5.41, 5.74) is 0.998. The monoisotopic (exact) mass is 176 g/mol. The number of hydrogen-bond donors (Lipinski definition) is 0. The maximum atomic E-state index is 4.05. The van der Waals surface area contributed by atoms with Gasteiger partial charge in [0.1, 0.15) is 5.69 Å². The fourth-order valence-corrected chi connectivity index (χ4v) is 1.23. The Morgan fingerprint density at radius 2 is 2.08 bits per heavy atom. The molecule has 13 heavy (non-hydrogen) atoms. The molecule has 0 aliphatic heterocycles. The van der Waals surface area contributed by atoms with Crippen molar-refractivity contribution in [1.29, 1.82) is 0 Å². The maximum Gasteiger partial charge on any atom is 0.102 e. The van der Waals surface area contributed by atoms with E-state index in [2.05, 4.69) is 14.9 Å². The fourth-order valence-electron chi connectivity index (χ4n) is 1.23. The third kappa shape index (κ3) is 1.77. The van der Waals surface area contributed by atoms with Gasteiger partial charge in [-0.2, -0.15) is 0 Å². The van der Waals surface area contributed by atoms with Crippen LogP contribution in [-0.4, -0.2) is 19.6 Å². The van der Waals surface area contributed by atoms with Gasteiger partial charge in [0.25, 0.3) is 0 Å². The summed E-state index contributed by atoms with van der Waals surface area (Å²) in [6, 6.07) is 4.01. The summed E-state index contributed by atoms with van der Waals surface area (Å²) in [7, 11) is 0. The SMILES string of the molecule is CCn1cc(Cn2cccc2)nn1. The zero-order chi connectivity index (χ0) is 9.10. The lowest BCUT2D eigenvalue weighted by atomic mass is 10.5. The van der Waals surface area contributed by atoms with Crippen molar-refractivity contribution in [3.8, 4) is 0 Å². The molecule has 0 saturated heterocycles. The Hall–Kier alpha value is -1.58. The van der Waals surface area contributed by atoms with Crippen molar-refractivity contribution >= 4 is 0 Å². The van der Waals surface area contributed by atoms with E-state index in [4.69, 9.17) is 0 Å². The van der Waals surface area contributed by atoms with Crippen LogP contribution in [0, 0.1) is 0 Å². The molecule has 2 aromatic rings. The number of aromatic nitrogens is 4. The smallest absolute Gasteiger partial charge is 0.102 e. The molecule has 2 rings (SSSR count). The number of nitrogens with zero attached hydrogens (tertiary/aromatic N) is 4. The van der Waals surface area contributed by atoms with Gasteiger partial charge in [-0.25, -0.2) is 0 Å². The van der Waals surface area contributed by atoms with Crippen molar-refractivity contribution < 1.29 is 0 Å². The van der Waals surface area contributed by atoms with E-state index < -0.39 is 0 Å². The Morgan fingerprint density at radius 3 is 2.69 bits per heavy atom. The van der Waals surface area contributed by atoms with Crippen molar-refractivity contribution in [1.82, 2.24) is 19.6 Å².